The number of pyridine rings is 1. The van der Waals surface area contributed by atoms with E-state index in [0.29, 0.717) is 13.2 Å². The Bertz CT molecular complexity index is 1010. The van der Waals surface area contributed by atoms with Crippen LogP contribution in [0.1, 0.15) is 23.7 Å². The molecular weight excluding hydrogens is 322 g/mol. The SMILES string of the molecule is CCc1ccc2c(c1)ncn2-c1cccc(COCc2ccccn2)c1. The smallest absolute Gasteiger partial charge is 0.100 e. The largest absolute Gasteiger partial charge is 0.370 e. The van der Waals surface area contributed by atoms with Gasteiger partial charge < -0.3 is 4.74 Å². The normalized spacial score (nSPS) is 11.1. The lowest BCUT2D eigenvalue weighted by Crippen LogP contribution is -1.98. The van der Waals surface area contributed by atoms with Crippen LogP contribution in [0.4, 0.5) is 0 Å². The lowest BCUT2D eigenvalue weighted by Gasteiger charge is -2.08. The van der Waals surface area contributed by atoms with Crippen LogP contribution in [0.25, 0.3) is 16.7 Å². The summed E-state index contributed by atoms with van der Waals surface area (Å²) in [6.45, 7) is 3.22. The Kier molecular flexibility index (Phi) is 4.75. The number of imidazole rings is 1. The van der Waals surface area contributed by atoms with Crippen LogP contribution in [0.5, 0.6) is 0 Å². The van der Waals surface area contributed by atoms with Crippen LogP contribution in [-0.4, -0.2) is 14.5 Å². The van der Waals surface area contributed by atoms with Crippen molar-refractivity contribution in [1.82, 2.24) is 14.5 Å². The summed E-state index contributed by atoms with van der Waals surface area (Å²) < 4.78 is 7.93. The molecule has 4 rings (SSSR count). The van der Waals surface area contributed by atoms with Crippen molar-refractivity contribution in [3.63, 3.8) is 0 Å². The topological polar surface area (TPSA) is 39.9 Å². The highest BCUT2D eigenvalue weighted by atomic mass is 16.5. The van der Waals surface area contributed by atoms with Gasteiger partial charge in [0.15, 0.2) is 0 Å². The lowest BCUT2D eigenvalue weighted by atomic mass is 10.1. The highest BCUT2D eigenvalue weighted by molar-refractivity contribution is 5.78. The van der Waals surface area contributed by atoms with Crippen LogP contribution in [0.2, 0.25) is 0 Å². The number of hydrogen-bond donors (Lipinski definition) is 0. The molecule has 4 heteroatoms. The molecule has 0 bridgehead atoms. The van der Waals surface area contributed by atoms with Crippen molar-refractivity contribution < 1.29 is 4.74 Å². The molecule has 0 aliphatic carbocycles. The number of hydrogen-bond acceptors (Lipinski definition) is 3. The van der Waals surface area contributed by atoms with Crippen molar-refractivity contribution >= 4 is 11.0 Å². The summed E-state index contributed by atoms with van der Waals surface area (Å²) in [6.07, 6.45) is 4.69. The molecule has 2 aromatic carbocycles. The van der Waals surface area contributed by atoms with Crippen LogP contribution < -0.4 is 0 Å². The Balaban J connectivity index is 1.52. The van der Waals surface area contributed by atoms with Gasteiger partial charge in [0.05, 0.1) is 29.9 Å². The highest BCUT2D eigenvalue weighted by Gasteiger charge is 2.06. The Hall–Kier alpha value is -2.98. The Morgan fingerprint density at radius 3 is 2.69 bits per heavy atom. The van der Waals surface area contributed by atoms with Gasteiger partial charge in [0.25, 0.3) is 0 Å². The van der Waals surface area contributed by atoms with Crippen LogP contribution in [0.15, 0.2) is 73.2 Å². The van der Waals surface area contributed by atoms with Crippen LogP contribution in [0, 0.1) is 0 Å². The molecule has 0 atom stereocenters. The first-order chi connectivity index (χ1) is 12.8. The highest BCUT2D eigenvalue weighted by Crippen LogP contribution is 2.21. The van der Waals surface area contributed by atoms with E-state index in [1.165, 1.54) is 5.56 Å². The number of nitrogens with zero attached hydrogens (tertiary/aromatic N) is 3. The predicted molar refractivity (Wildman–Crippen MR) is 103 cm³/mol. The molecule has 4 nitrogen and oxygen atoms in total. The molecule has 0 spiro atoms. The lowest BCUT2D eigenvalue weighted by molar-refractivity contribution is 0.104. The zero-order chi connectivity index (χ0) is 17.8. The van der Waals surface area contributed by atoms with Gasteiger partial charge in [-0.1, -0.05) is 31.2 Å². The van der Waals surface area contributed by atoms with E-state index >= 15 is 0 Å². The number of aromatic nitrogens is 3. The molecule has 0 unspecified atom stereocenters. The Morgan fingerprint density at radius 1 is 0.885 bits per heavy atom. The van der Waals surface area contributed by atoms with Gasteiger partial charge in [-0.15, -0.1) is 0 Å². The minimum absolute atomic E-state index is 0.513. The third-order valence-electron chi connectivity index (χ3n) is 4.45. The first-order valence-electron chi connectivity index (χ1n) is 8.86. The van der Waals surface area contributed by atoms with E-state index in [4.69, 9.17) is 4.74 Å². The van der Waals surface area contributed by atoms with E-state index < -0.39 is 0 Å². The summed E-state index contributed by atoms with van der Waals surface area (Å²) in [6, 6.07) is 20.7. The van der Waals surface area contributed by atoms with Crippen LogP contribution in [-0.2, 0) is 24.4 Å². The number of rotatable bonds is 6. The molecule has 2 heterocycles. The van der Waals surface area contributed by atoms with Crippen LogP contribution >= 0.6 is 0 Å². The molecule has 0 amide bonds. The number of fused-ring (bicyclic) bond motifs is 1. The second-order valence-electron chi connectivity index (χ2n) is 6.27. The Morgan fingerprint density at radius 2 is 1.85 bits per heavy atom. The van der Waals surface area contributed by atoms with Gasteiger partial charge in [-0.3, -0.25) is 9.55 Å². The number of aryl methyl sites for hydroxylation is 1. The van der Waals surface area contributed by atoms with Gasteiger partial charge in [0, 0.05) is 11.9 Å². The molecule has 0 radical (unpaired) electrons. The third kappa shape index (κ3) is 3.51. The van der Waals surface area contributed by atoms with Gasteiger partial charge in [-0.05, 0) is 53.9 Å². The molecule has 26 heavy (non-hydrogen) atoms. The molecular formula is C22H21N3O. The second kappa shape index (κ2) is 7.50. The first-order valence-corrected chi connectivity index (χ1v) is 8.86. The van der Waals surface area contributed by atoms with Crippen LogP contribution in [0.3, 0.4) is 0 Å². The fourth-order valence-corrected chi connectivity index (χ4v) is 3.04. The van der Waals surface area contributed by atoms with E-state index in [2.05, 4.69) is 63.9 Å². The average molecular weight is 343 g/mol. The minimum Gasteiger partial charge on any atom is -0.370 e. The maximum absolute atomic E-state index is 5.81. The zero-order valence-corrected chi connectivity index (χ0v) is 14.8. The van der Waals surface area contributed by atoms with E-state index in [0.717, 1.165) is 34.4 Å². The molecule has 0 fully saturated rings. The molecule has 0 aliphatic rings. The minimum atomic E-state index is 0.513. The molecule has 4 aromatic rings. The zero-order valence-electron chi connectivity index (χ0n) is 14.8. The monoisotopic (exact) mass is 343 g/mol. The van der Waals surface area contributed by atoms with E-state index in [9.17, 15) is 0 Å². The maximum atomic E-state index is 5.81. The van der Waals surface area contributed by atoms with E-state index in [-0.39, 0.29) is 0 Å². The van der Waals surface area contributed by atoms with Crippen molar-refractivity contribution in [2.24, 2.45) is 0 Å². The number of benzene rings is 2. The fourth-order valence-electron chi connectivity index (χ4n) is 3.04. The molecule has 130 valence electrons. The summed E-state index contributed by atoms with van der Waals surface area (Å²) in [5.41, 5.74) is 6.62. The van der Waals surface area contributed by atoms with Crippen molar-refractivity contribution in [2.75, 3.05) is 0 Å². The molecule has 0 aliphatic heterocycles. The van der Waals surface area contributed by atoms with Crippen molar-refractivity contribution in [3.8, 4) is 5.69 Å². The maximum Gasteiger partial charge on any atom is 0.100 e. The quantitative estimate of drug-likeness (QED) is 0.509. The predicted octanol–water partition coefficient (Wildman–Crippen LogP) is 4.70. The van der Waals surface area contributed by atoms with E-state index in [1.54, 1.807) is 6.20 Å². The third-order valence-corrected chi connectivity index (χ3v) is 4.45. The summed E-state index contributed by atoms with van der Waals surface area (Å²) in [4.78, 5) is 8.84. The average Bonchev–Trinajstić information content (AvgIpc) is 3.12. The van der Waals surface area contributed by atoms with E-state index in [1.807, 2.05) is 24.5 Å². The van der Waals surface area contributed by atoms with Crippen molar-refractivity contribution in [3.05, 3.63) is 90.0 Å². The summed E-state index contributed by atoms with van der Waals surface area (Å²) in [5, 5.41) is 0. The van der Waals surface area contributed by atoms with Gasteiger partial charge >= 0.3 is 0 Å². The second-order valence-corrected chi connectivity index (χ2v) is 6.27. The summed E-state index contributed by atoms with van der Waals surface area (Å²) >= 11 is 0. The first kappa shape index (κ1) is 16.5. The molecule has 0 saturated carbocycles. The number of ether oxygens (including phenoxy) is 1. The van der Waals surface area contributed by atoms with Gasteiger partial charge in [0.1, 0.15) is 6.33 Å². The Labute approximate surface area is 153 Å². The van der Waals surface area contributed by atoms with Gasteiger partial charge in [0.2, 0.25) is 0 Å². The molecule has 0 saturated heterocycles. The van der Waals surface area contributed by atoms with Crippen molar-refractivity contribution in [1.29, 1.82) is 0 Å². The molecule has 2 aromatic heterocycles. The standard InChI is InChI=1S/C22H21N3O/c1-2-17-9-10-22-21(13-17)24-16-25(22)20-8-5-6-18(12-20)14-26-15-19-7-3-4-11-23-19/h3-13,16H,2,14-15H2,1H3. The van der Waals surface area contributed by atoms with Gasteiger partial charge in [-0.2, -0.15) is 0 Å². The molecule has 0 N–H and O–H groups in total. The van der Waals surface area contributed by atoms with Gasteiger partial charge in [-0.25, -0.2) is 4.98 Å². The summed E-state index contributed by atoms with van der Waals surface area (Å²) in [5.74, 6) is 0. The fraction of sp³-hybridized carbons (Fsp3) is 0.182. The summed E-state index contributed by atoms with van der Waals surface area (Å²) in [7, 11) is 0. The van der Waals surface area contributed by atoms with Crippen molar-refractivity contribution in [2.45, 2.75) is 26.6 Å².